The molecule has 0 aromatic heterocycles. The van der Waals surface area contributed by atoms with E-state index < -0.39 is 15.6 Å². The number of rotatable bonds is 4. The van der Waals surface area contributed by atoms with Gasteiger partial charge in [0.05, 0.1) is 11.8 Å². The van der Waals surface area contributed by atoms with Gasteiger partial charge < -0.3 is 0 Å². The molecule has 1 aliphatic carbocycles. The highest BCUT2D eigenvalue weighted by Crippen LogP contribution is 2.29. The van der Waals surface area contributed by atoms with E-state index in [1.54, 1.807) is 0 Å². The molecule has 0 aromatic carbocycles. The van der Waals surface area contributed by atoms with Crippen molar-refractivity contribution in [3.63, 3.8) is 0 Å². The van der Waals surface area contributed by atoms with E-state index in [9.17, 15) is 8.42 Å². The zero-order chi connectivity index (χ0) is 11.5. The molecule has 0 atom stereocenters. The molecule has 0 heterocycles. The molecule has 0 bridgehead atoms. The van der Waals surface area contributed by atoms with Crippen molar-refractivity contribution < 1.29 is 8.42 Å². The highest BCUT2D eigenvalue weighted by molar-refractivity contribution is 7.89. The van der Waals surface area contributed by atoms with Crippen molar-refractivity contribution in [1.29, 1.82) is 5.26 Å². The second kappa shape index (κ2) is 4.50. The predicted molar refractivity (Wildman–Crippen MR) is 58.6 cm³/mol. The van der Waals surface area contributed by atoms with E-state index in [-0.39, 0.29) is 11.7 Å². The monoisotopic (exact) mass is 230 g/mol. The molecule has 1 saturated carbocycles. The molecule has 0 amide bonds. The summed E-state index contributed by atoms with van der Waals surface area (Å²) in [5.41, 5.74) is -0.826. The highest BCUT2D eigenvalue weighted by Gasteiger charge is 2.37. The maximum Gasteiger partial charge on any atom is 0.213 e. The fraction of sp³-hybridized carbons (Fsp3) is 0.900. The highest BCUT2D eigenvalue weighted by atomic mass is 32.2. The zero-order valence-electron chi connectivity index (χ0n) is 9.28. The van der Waals surface area contributed by atoms with Crippen LogP contribution >= 0.6 is 0 Å². The van der Waals surface area contributed by atoms with Crippen molar-refractivity contribution in [2.75, 3.05) is 5.75 Å². The molecule has 0 radical (unpaired) electrons. The maximum absolute atomic E-state index is 11.7. The predicted octanol–water partition coefficient (Wildman–Crippen LogP) is 1.40. The van der Waals surface area contributed by atoms with E-state index in [0.29, 0.717) is 12.8 Å². The molecule has 1 N–H and O–H groups in total. The van der Waals surface area contributed by atoms with Crippen LogP contribution in [0.2, 0.25) is 0 Å². The Kier molecular flexibility index (Phi) is 3.74. The number of nitrogens with one attached hydrogen (secondary N) is 1. The summed E-state index contributed by atoms with van der Waals surface area (Å²) in [5, 5.41) is 9.04. The molecule has 0 aliphatic heterocycles. The van der Waals surface area contributed by atoms with Crippen LogP contribution in [0.3, 0.4) is 0 Å². The van der Waals surface area contributed by atoms with E-state index in [2.05, 4.69) is 10.8 Å². The summed E-state index contributed by atoms with van der Waals surface area (Å²) in [6.07, 6.45) is 3.14. The minimum Gasteiger partial charge on any atom is -0.212 e. The molecule has 1 rings (SSSR count). The lowest BCUT2D eigenvalue weighted by molar-refractivity contribution is 0.481. The molecule has 0 aromatic rings. The molecule has 1 aliphatic rings. The van der Waals surface area contributed by atoms with Gasteiger partial charge in [-0.25, -0.2) is 8.42 Å². The Hall–Kier alpha value is -0.600. The minimum absolute atomic E-state index is 0.0830. The fourth-order valence-electron chi connectivity index (χ4n) is 1.99. The largest absolute Gasteiger partial charge is 0.213 e. The molecule has 1 fully saturated rings. The zero-order valence-corrected chi connectivity index (χ0v) is 10.1. The second-order valence-electron chi connectivity index (χ2n) is 4.68. The summed E-state index contributed by atoms with van der Waals surface area (Å²) in [7, 11) is -3.31. The summed E-state index contributed by atoms with van der Waals surface area (Å²) in [5.74, 6) is 0.177. The lowest BCUT2D eigenvalue weighted by Gasteiger charge is -2.22. The van der Waals surface area contributed by atoms with Crippen molar-refractivity contribution >= 4 is 10.0 Å². The summed E-state index contributed by atoms with van der Waals surface area (Å²) in [6.45, 7) is 3.71. The number of nitriles is 1. The number of nitrogens with zero attached hydrogens (tertiary/aromatic N) is 1. The van der Waals surface area contributed by atoms with E-state index in [0.717, 1.165) is 12.8 Å². The van der Waals surface area contributed by atoms with Crippen LogP contribution in [0.15, 0.2) is 0 Å². The Morgan fingerprint density at radius 1 is 1.40 bits per heavy atom. The van der Waals surface area contributed by atoms with E-state index in [1.807, 2.05) is 13.8 Å². The first-order chi connectivity index (χ1) is 6.89. The van der Waals surface area contributed by atoms with Gasteiger partial charge in [-0.2, -0.15) is 9.98 Å². The Balaban J connectivity index is 2.72. The van der Waals surface area contributed by atoms with Crippen molar-refractivity contribution in [2.45, 2.75) is 45.1 Å². The van der Waals surface area contributed by atoms with Crippen LogP contribution in [0.25, 0.3) is 0 Å². The van der Waals surface area contributed by atoms with Gasteiger partial charge in [0.1, 0.15) is 5.54 Å². The normalized spacial score (nSPS) is 20.4. The lowest BCUT2D eigenvalue weighted by atomic mass is 10.0. The number of sulfonamides is 1. The molecule has 0 saturated heterocycles. The van der Waals surface area contributed by atoms with Gasteiger partial charge in [0.2, 0.25) is 10.0 Å². The maximum atomic E-state index is 11.7. The van der Waals surface area contributed by atoms with Crippen LogP contribution in [0.5, 0.6) is 0 Å². The molecular weight excluding hydrogens is 212 g/mol. The third-order valence-electron chi connectivity index (χ3n) is 2.57. The minimum atomic E-state index is -3.31. The average molecular weight is 230 g/mol. The van der Waals surface area contributed by atoms with Gasteiger partial charge in [0.15, 0.2) is 0 Å². The number of hydrogen-bond acceptors (Lipinski definition) is 3. The second-order valence-corrected chi connectivity index (χ2v) is 6.45. The van der Waals surface area contributed by atoms with Crippen molar-refractivity contribution in [3.05, 3.63) is 0 Å². The topological polar surface area (TPSA) is 70.0 Å². The van der Waals surface area contributed by atoms with Crippen LogP contribution < -0.4 is 4.72 Å². The van der Waals surface area contributed by atoms with Crippen LogP contribution in [-0.4, -0.2) is 19.7 Å². The first kappa shape index (κ1) is 12.5. The Labute approximate surface area is 91.7 Å². The van der Waals surface area contributed by atoms with Gasteiger partial charge in [-0.05, 0) is 18.8 Å². The van der Waals surface area contributed by atoms with E-state index in [1.165, 1.54) is 0 Å². The van der Waals surface area contributed by atoms with Gasteiger partial charge in [0.25, 0.3) is 0 Å². The average Bonchev–Trinajstić information content (AvgIpc) is 2.50. The molecule has 0 spiro atoms. The fourth-order valence-corrected chi connectivity index (χ4v) is 3.80. The first-order valence-corrected chi connectivity index (χ1v) is 6.97. The van der Waals surface area contributed by atoms with E-state index in [4.69, 9.17) is 5.26 Å². The van der Waals surface area contributed by atoms with Crippen LogP contribution in [-0.2, 0) is 10.0 Å². The molecule has 0 unspecified atom stereocenters. The van der Waals surface area contributed by atoms with Gasteiger partial charge in [-0.1, -0.05) is 26.7 Å². The molecule has 86 valence electrons. The van der Waals surface area contributed by atoms with Gasteiger partial charge in [-0.3, -0.25) is 0 Å². The number of hydrogen-bond donors (Lipinski definition) is 1. The molecule has 4 nitrogen and oxygen atoms in total. The summed E-state index contributed by atoms with van der Waals surface area (Å²) >= 11 is 0. The summed E-state index contributed by atoms with van der Waals surface area (Å²) in [6, 6.07) is 2.12. The first-order valence-electron chi connectivity index (χ1n) is 5.32. The smallest absolute Gasteiger partial charge is 0.212 e. The van der Waals surface area contributed by atoms with Crippen molar-refractivity contribution in [3.8, 4) is 6.07 Å². The summed E-state index contributed by atoms with van der Waals surface area (Å²) < 4.78 is 26.0. The molecule has 15 heavy (non-hydrogen) atoms. The molecular formula is C10H18N2O2S. The lowest BCUT2D eigenvalue weighted by Crippen LogP contribution is -2.46. The van der Waals surface area contributed by atoms with Gasteiger partial charge in [0, 0.05) is 0 Å². The summed E-state index contributed by atoms with van der Waals surface area (Å²) in [4.78, 5) is 0. The molecule has 5 heteroatoms. The van der Waals surface area contributed by atoms with Crippen molar-refractivity contribution in [2.24, 2.45) is 5.92 Å². The standard InChI is InChI=1S/C10H18N2O2S/c1-9(2)7-15(13,14)12-10(8-11)5-3-4-6-10/h9,12H,3-7H2,1-2H3. The van der Waals surface area contributed by atoms with Crippen LogP contribution in [0, 0.1) is 17.2 Å². The third-order valence-corrected chi connectivity index (χ3v) is 4.38. The van der Waals surface area contributed by atoms with E-state index >= 15 is 0 Å². The van der Waals surface area contributed by atoms with Crippen LogP contribution in [0.4, 0.5) is 0 Å². The van der Waals surface area contributed by atoms with Gasteiger partial charge >= 0.3 is 0 Å². The third kappa shape index (κ3) is 3.47. The van der Waals surface area contributed by atoms with Crippen molar-refractivity contribution in [1.82, 2.24) is 4.72 Å². The Morgan fingerprint density at radius 3 is 2.33 bits per heavy atom. The Morgan fingerprint density at radius 2 is 1.93 bits per heavy atom. The Bertz CT molecular complexity index is 348. The SMILES string of the molecule is CC(C)CS(=O)(=O)NC1(C#N)CCCC1. The quantitative estimate of drug-likeness (QED) is 0.793. The van der Waals surface area contributed by atoms with Gasteiger partial charge in [-0.15, -0.1) is 0 Å². The van der Waals surface area contributed by atoms with Crippen LogP contribution in [0.1, 0.15) is 39.5 Å².